The maximum atomic E-state index is 10.5. The van der Waals surface area contributed by atoms with E-state index < -0.39 is 0 Å². The van der Waals surface area contributed by atoms with Gasteiger partial charge in [-0.3, -0.25) is 0 Å². The molecule has 126 valence electrons. The predicted octanol–water partition coefficient (Wildman–Crippen LogP) is 4.81. The molecule has 4 aromatic rings. The lowest BCUT2D eigenvalue weighted by Crippen LogP contribution is -2.03. The molecule has 0 aliphatic carbocycles. The van der Waals surface area contributed by atoms with Crippen LogP contribution in [0.25, 0.3) is 27.4 Å². The van der Waals surface area contributed by atoms with Crippen LogP contribution in [0.15, 0.2) is 60.7 Å². The SMILES string of the molecule is CC(C)OCc1nn(-c2ccccc2)c2c1cc(O)c1ccccc12. The maximum Gasteiger partial charge on any atom is 0.124 e. The highest BCUT2D eigenvalue weighted by atomic mass is 16.5. The Morgan fingerprint density at radius 2 is 1.64 bits per heavy atom. The first kappa shape index (κ1) is 15.7. The molecule has 0 unspecified atom stereocenters. The third-order valence-corrected chi connectivity index (χ3v) is 4.29. The molecule has 0 saturated carbocycles. The van der Waals surface area contributed by atoms with E-state index in [0.717, 1.165) is 33.1 Å². The van der Waals surface area contributed by atoms with Gasteiger partial charge in [-0.1, -0.05) is 42.5 Å². The fourth-order valence-corrected chi connectivity index (χ4v) is 3.12. The molecule has 4 heteroatoms. The van der Waals surface area contributed by atoms with Crippen LogP contribution in [0.2, 0.25) is 0 Å². The van der Waals surface area contributed by atoms with Gasteiger partial charge in [0.25, 0.3) is 0 Å². The number of aromatic nitrogens is 2. The number of hydrogen-bond acceptors (Lipinski definition) is 3. The first-order chi connectivity index (χ1) is 12.1. The number of hydrogen-bond donors (Lipinski definition) is 1. The van der Waals surface area contributed by atoms with Crippen LogP contribution in [0, 0.1) is 0 Å². The second kappa shape index (κ2) is 6.22. The number of fused-ring (bicyclic) bond motifs is 3. The van der Waals surface area contributed by atoms with Gasteiger partial charge in [-0.2, -0.15) is 5.10 Å². The van der Waals surface area contributed by atoms with Crippen LogP contribution in [0.4, 0.5) is 0 Å². The monoisotopic (exact) mass is 332 g/mol. The van der Waals surface area contributed by atoms with Crippen LogP contribution in [0.5, 0.6) is 5.75 Å². The molecule has 4 rings (SSSR count). The van der Waals surface area contributed by atoms with Gasteiger partial charge in [0.2, 0.25) is 0 Å². The third kappa shape index (κ3) is 2.75. The van der Waals surface area contributed by atoms with Crippen LogP contribution in [0.1, 0.15) is 19.5 Å². The molecular formula is C21H20N2O2. The van der Waals surface area contributed by atoms with E-state index >= 15 is 0 Å². The molecule has 0 amide bonds. The molecule has 1 heterocycles. The molecule has 0 saturated heterocycles. The van der Waals surface area contributed by atoms with Crippen molar-refractivity contribution in [3.63, 3.8) is 0 Å². The van der Waals surface area contributed by atoms with Gasteiger partial charge in [0.1, 0.15) is 5.75 Å². The van der Waals surface area contributed by atoms with Crippen LogP contribution in [-0.2, 0) is 11.3 Å². The van der Waals surface area contributed by atoms with E-state index in [1.807, 2.05) is 73.1 Å². The molecule has 0 atom stereocenters. The zero-order valence-electron chi connectivity index (χ0n) is 14.3. The number of nitrogens with zero attached hydrogens (tertiary/aromatic N) is 2. The Hall–Kier alpha value is -2.85. The zero-order chi connectivity index (χ0) is 17.4. The fourth-order valence-electron chi connectivity index (χ4n) is 3.12. The topological polar surface area (TPSA) is 47.3 Å². The van der Waals surface area contributed by atoms with E-state index in [-0.39, 0.29) is 11.9 Å². The van der Waals surface area contributed by atoms with Gasteiger partial charge in [0.05, 0.1) is 29.6 Å². The summed E-state index contributed by atoms with van der Waals surface area (Å²) < 4.78 is 7.72. The Labute approximate surface area is 146 Å². The lowest BCUT2D eigenvalue weighted by atomic mass is 10.0. The van der Waals surface area contributed by atoms with Crippen molar-refractivity contribution in [1.82, 2.24) is 9.78 Å². The molecule has 0 bridgehead atoms. The van der Waals surface area contributed by atoms with Gasteiger partial charge in [-0.15, -0.1) is 0 Å². The van der Waals surface area contributed by atoms with Gasteiger partial charge in [0, 0.05) is 16.2 Å². The minimum Gasteiger partial charge on any atom is -0.507 e. The van der Waals surface area contributed by atoms with Crippen molar-refractivity contribution in [3.8, 4) is 11.4 Å². The van der Waals surface area contributed by atoms with E-state index in [1.54, 1.807) is 6.07 Å². The van der Waals surface area contributed by atoms with Crippen LogP contribution >= 0.6 is 0 Å². The summed E-state index contributed by atoms with van der Waals surface area (Å²) in [6.07, 6.45) is 0.117. The average molecular weight is 332 g/mol. The van der Waals surface area contributed by atoms with E-state index in [0.29, 0.717) is 6.61 Å². The van der Waals surface area contributed by atoms with Gasteiger partial charge >= 0.3 is 0 Å². The number of phenolic OH excluding ortho intramolecular Hbond substituents is 1. The first-order valence-corrected chi connectivity index (χ1v) is 8.44. The minimum atomic E-state index is 0.117. The largest absolute Gasteiger partial charge is 0.507 e. The van der Waals surface area contributed by atoms with Crippen molar-refractivity contribution in [3.05, 3.63) is 66.4 Å². The Bertz CT molecular complexity index is 1040. The quantitative estimate of drug-likeness (QED) is 0.583. The average Bonchev–Trinajstić information content (AvgIpc) is 2.99. The summed E-state index contributed by atoms with van der Waals surface area (Å²) in [6.45, 7) is 4.41. The van der Waals surface area contributed by atoms with Crippen LogP contribution in [-0.4, -0.2) is 21.0 Å². The highest BCUT2D eigenvalue weighted by molar-refractivity contribution is 6.09. The number of para-hydroxylation sites is 1. The molecular weight excluding hydrogens is 312 g/mol. The van der Waals surface area contributed by atoms with Crippen molar-refractivity contribution in [2.24, 2.45) is 0 Å². The molecule has 4 nitrogen and oxygen atoms in total. The van der Waals surface area contributed by atoms with E-state index in [9.17, 15) is 5.11 Å². The molecule has 0 aliphatic rings. The van der Waals surface area contributed by atoms with E-state index in [2.05, 4.69) is 0 Å². The molecule has 25 heavy (non-hydrogen) atoms. The lowest BCUT2D eigenvalue weighted by molar-refractivity contribution is 0.0641. The molecule has 1 N–H and O–H groups in total. The number of aromatic hydroxyl groups is 1. The van der Waals surface area contributed by atoms with Gasteiger partial charge in [-0.05, 0) is 32.0 Å². The highest BCUT2D eigenvalue weighted by Crippen LogP contribution is 2.35. The standard InChI is InChI=1S/C21H20N2O2/c1-14(2)25-13-19-18-12-20(24)16-10-6-7-11-17(16)21(18)23(22-19)15-8-4-3-5-9-15/h3-12,14,24H,13H2,1-2H3. The molecule has 0 spiro atoms. The summed E-state index contributed by atoms with van der Waals surface area (Å²) in [7, 11) is 0. The van der Waals surface area contributed by atoms with Crippen LogP contribution in [0.3, 0.4) is 0 Å². The maximum absolute atomic E-state index is 10.5. The Balaban J connectivity index is 2.05. The summed E-state index contributed by atoms with van der Waals surface area (Å²) in [5.74, 6) is 0.265. The molecule has 0 radical (unpaired) electrons. The molecule has 0 fully saturated rings. The lowest BCUT2D eigenvalue weighted by Gasteiger charge is -2.07. The smallest absolute Gasteiger partial charge is 0.124 e. The van der Waals surface area contributed by atoms with E-state index in [4.69, 9.17) is 9.84 Å². The van der Waals surface area contributed by atoms with Gasteiger partial charge in [-0.25, -0.2) is 4.68 Å². The van der Waals surface area contributed by atoms with Crippen molar-refractivity contribution in [1.29, 1.82) is 0 Å². The number of phenols is 1. The summed E-state index contributed by atoms with van der Waals surface area (Å²) in [6, 6.07) is 19.7. The van der Waals surface area contributed by atoms with Crippen molar-refractivity contribution < 1.29 is 9.84 Å². The summed E-state index contributed by atoms with van der Waals surface area (Å²) in [5.41, 5.74) is 2.80. The summed E-state index contributed by atoms with van der Waals surface area (Å²) in [4.78, 5) is 0. The minimum absolute atomic E-state index is 0.117. The van der Waals surface area contributed by atoms with Gasteiger partial charge in [0.15, 0.2) is 0 Å². The Morgan fingerprint density at radius 3 is 2.36 bits per heavy atom. The summed E-state index contributed by atoms with van der Waals surface area (Å²) in [5, 5.41) is 18.0. The first-order valence-electron chi connectivity index (χ1n) is 8.44. The molecule has 1 aromatic heterocycles. The normalized spacial score (nSPS) is 11.6. The number of ether oxygens (including phenoxy) is 1. The molecule has 3 aromatic carbocycles. The number of benzene rings is 3. The fraction of sp³-hybridized carbons (Fsp3) is 0.190. The second-order valence-electron chi connectivity index (χ2n) is 6.39. The third-order valence-electron chi connectivity index (χ3n) is 4.29. The number of rotatable bonds is 4. The predicted molar refractivity (Wildman–Crippen MR) is 100 cm³/mol. The van der Waals surface area contributed by atoms with Crippen molar-refractivity contribution in [2.45, 2.75) is 26.6 Å². The van der Waals surface area contributed by atoms with Crippen molar-refractivity contribution >= 4 is 21.7 Å². The van der Waals surface area contributed by atoms with Crippen LogP contribution < -0.4 is 0 Å². The Morgan fingerprint density at radius 1 is 0.960 bits per heavy atom. The van der Waals surface area contributed by atoms with E-state index in [1.165, 1.54) is 0 Å². The zero-order valence-corrected chi connectivity index (χ0v) is 14.3. The second-order valence-corrected chi connectivity index (χ2v) is 6.39. The molecule has 0 aliphatic heterocycles. The Kier molecular flexibility index (Phi) is 3.90. The van der Waals surface area contributed by atoms with Crippen molar-refractivity contribution in [2.75, 3.05) is 0 Å². The highest BCUT2D eigenvalue weighted by Gasteiger charge is 2.17. The summed E-state index contributed by atoms with van der Waals surface area (Å²) >= 11 is 0. The van der Waals surface area contributed by atoms with Gasteiger partial charge < -0.3 is 9.84 Å².